The van der Waals surface area contributed by atoms with Crippen molar-refractivity contribution in [2.24, 2.45) is 0 Å². The summed E-state index contributed by atoms with van der Waals surface area (Å²) in [5.74, 6) is 0.0837. The van der Waals surface area contributed by atoms with Crippen molar-refractivity contribution in [1.82, 2.24) is 9.80 Å². The Balaban J connectivity index is 2.08. The van der Waals surface area contributed by atoms with Crippen molar-refractivity contribution in [3.63, 3.8) is 0 Å². The summed E-state index contributed by atoms with van der Waals surface area (Å²) in [5, 5.41) is 0. The van der Waals surface area contributed by atoms with Gasteiger partial charge in [-0.25, -0.2) is 0 Å². The monoisotopic (exact) mass is 216 g/mol. The minimum Gasteiger partial charge on any atom is -0.336 e. The van der Waals surface area contributed by atoms with Crippen LogP contribution in [0.2, 0.25) is 0 Å². The summed E-state index contributed by atoms with van der Waals surface area (Å²) in [5.41, 5.74) is 1.32. The molecule has 3 heteroatoms. The van der Waals surface area contributed by atoms with Gasteiger partial charge in [0.25, 0.3) is 5.91 Å². The Morgan fingerprint density at radius 3 is 2.56 bits per heavy atom. The van der Waals surface area contributed by atoms with Gasteiger partial charge in [0.05, 0.1) is 0 Å². The molecule has 0 N–H and O–H groups in total. The molecular weight excluding hydrogens is 200 g/mol. The van der Waals surface area contributed by atoms with Crippen LogP contribution in [0.3, 0.4) is 0 Å². The molecule has 0 unspecified atom stereocenters. The van der Waals surface area contributed by atoms with E-state index in [1.54, 1.807) is 12.1 Å². The minimum absolute atomic E-state index is 0.0837. The second kappa shape index (κ2) is 4.66. The molecule has 0 aliphatic carbocycles. The molecule has 1 aromatic rings. The fraction of sp³-hybridized carbons (Fsp3) is 0.385. The smallest absolute Gasteiger partial charge is 0.253 e. The van der Waals surface area contributed by atoms with Crippen molar-refractivity contribution < 1.29 is 4.79 Å². The first-order valence-electron chi connectivity index (χ1n) is 5.50. The quantitative estimate of drug-likeness (QED) is 0.702. The highest BCUT2D eigenvalue weighted by atomic mass is 16.2. The molecule has 16 heavy (non-hydrogen) atoms. The molecule has 1 aliphatic heterocycles. The third kappa shape index (κ3) is 2.42. The topological polar surface area (TPSA) is 23.6 Å². The lowest BCUT2D eigenvalue weighted by atomic mass is 10.1. The van der Waals surface area contributed by atoms with Gasteiger partial charge in [-0.3, -0.25) is 4.79 Å². The van der Waals surface area contributed by atoms with E-state index in [4.69, 9.17) is 6.92 Å². The van der Waals surface area contributed by atoms with E-state index < -0.39 is 0 Å². The second-order valence-electron chi connectivity index (χ2n) is 4.22. The first kappa shape index (κ1) is 11.1. The molecule has 0 bridgehead atoms. The number of carbonyl (C=O) groups excluding carboxylic acids is 1. The summed E-state index contributed by atoms with van der Waals surface area (Å²) in [7, 11) is 2.07. The zero-order valence-electron chi connectivity index (χ0n) is 9.52. The number of amides is 1. The minimum atomic E-state index is 0.0837. The number of rotatable bonds is 1. The van der Waals surface area contributed by atoms with Gasteiger partial charge in [-0.05, 0) is 31.7 Å². The van der Waals surface area contributed by atoms with Gasteiger partial charge in [0.2, 0.25) is 0 Å². The van der Waals surface area contributed by atoms with Crippen LogP contribution in [-0.2, 0) is 0 Å². The Labute approximate surface area is 96.7 Å². The van der Waals surface area contributed by atoms with Gasteiger partial charge < -0.3 is 9.80 Å². The summed E-state index contributed by atoms with van der Waals surface area (Å²) in [6.07, 6.45) is 0. The van der Waals surface area contributed by atoms with E-state index in [1.807, 2.05) is 17.0 Å². The number of likely N-dealkylation sites (N-methyl/N-ethyl adjacent to an activating group) is 1. The van der Waals surface area contributed by atoms with Crippen molar-refractivity contribution in [2.75, 3.05) is 33.2 Å². The third-order valence-corrected chi connectivity index (χ3v) is 2.92. The highest BCUT2D eigenvalue weighted by Gasteiger charge is 2.19. The number of benzene rings is 1. The van der Waals surface area contributed by atoms with E-state index >= 15 is 0 Å². The van der Waals surface area contributed by atoms with Gasteiger partial charge >= 0.3 is 0 Å². The van der Waals surface area contributed by atoms with Crippen LogP contribution in [0.15, 0.2) is 24.3 Å². The van der Waals surface area contributed by atoms with Crippen LogP contribution in [-0.4, -0.2) is 48.9 Å². The standard InChI is InChI=1S/C13H16N2O/c1-11-4-3-5-12(10-11)13(16)15-8-6-14(2)7-9-15/h1,3-5,10H,6-9H2,2H3. The number of nitrogens with zero attached hydrogens (tertiary/aromatic N) is 2. The van der Waals surface area contributed by atoms with Crippen LogP contribution in [0.25, 0.3) is 0 Å². The summed E-state index contributed by atoms with van der Waals surface area (Å²) in [6, 6.07) is 7.16. The number of hydrogen-bond donors (Lipinski definition) is 0. The van der Waals surface area contributed by atoms with E-state index in [9.17, 15) is 4.79 Å². The van der Waals surface area contributed by atoms with Crippen molar-refractivity contribution in [1.29, 1.82) is 0 Å². The van der Waals surface area contributed by atoms with Crippen LogP contribution in [0.1, 0.15) is 15.9 Å². The molecule has 2 radical (unpaired) electrons. The molecule has 1 heterocycles. The molecule has 1 aromatic carbocycles. The third-order valence-electron chi connectivity index (χ3n) is 2.92. The van der Waals surface area contributed by atoms with Crippen LogP contribution in [0, 0.1) is 6.92 Å². The van der Waals surface area contributed by atoms with Crippen LogP contribution >= 0.6 is 0 Å². The summed E-state index contributed by atoms with van der Waals surface area (Å²) >= 11 is 0. The lowest BCUT2D eigenvalue weighted by molar-refractivity contribution is 0.0664. The summed E-state index contributed by atoms with van der Waals surface area (Å²) in [6.45, 7) is 9.14. The number of piperazine rings is 1. The molecular formula is C13H16N2O. The second-order valence-corrected chi connectivity index (χ2v) is 4.22. The molecule has 3 nitrogen and oxygen atoms in total. The van der Waals surface area contributed by atoms with Gasteiger partial charge in [0, 0.05) is 31.7 Å². The zero-order chi connectivity index (χ0) is 11.5. The SMILES string of the molecule is [CH]c1cccc(C(=O)N2CCN(C)CC2)c1. The molecule has 0 atom stereocenters. The molecule has 0 spiro atoms. The van der Waals surface area contributed by atoms with Crippen LogP contribution < -0.4 is 0 Å². The first-order chi connectivity index (χ1) is 7.66. The van der Waals surface area contributed by atoms with Gasteiger partial charge in [-0.15, -0.1) is 0 Å². The van der Waals surface area contributed by atoms with Crippen molar-refractivity contribution in [3.05, 3.63) is 42.3 Å². The van der Waals surface area contributed by atoms with Crippen LogP contribution in [0.5, 0.6) is 0 Å². The Bertz CT molecular complexity index is 381. The molecule has 1 saturated heterocycles. The molecule has 0 saturated carbocycles. The number of carbonyl (C=O) groups is 1. The normalized spacial score (nSPS) is 17.5. The largest absolute Gasteiger partial charge is 0.336 e. The number of hydrogen-bond acceptors (Lipinski definition) is 2. The van der Waals surface area contributed by atoms with Crippen LogP contribution in [0.4, 0.5) is 0 Å². The molecule has 0 aromatic heterocycles. The lowest BCUT2D eigenvalue weighted by Gasteiger charge is -2.32. The highest BCUT2D eigenvalue weighted by Crippen LogP contribution is 2.09. The average Bonchev–Trinajstić information content (AvgIpc) is 2.29. The predicted molar refractivity (Wildman–Crippen MR) is 63.2 cm³/mol. The average molecular weight is 216 g/mol. The fourth-order valence-electron chi connectivity index (χ4n) is 1.86. The highest BCUT2D eigenvalue weighted by molar-refractivity contribution is 5.94. The molecule has 1 aliphatic rings. The molecule has 1 fully saturated rings. The fourth-order valence-corrected chi connectivity index (χ4v) is 1.86. The summed E-state index contributed by atoms with van der Waals surface area (Å²) < 4.78 is 0. The lowest BCUT2D eigenvalue weighted by Crippen LogP contribution is -2.47. The Hall–Kier alpha value is -1.35. The zero-order valence-corrected chi connectivity index (χ0v) is 9.52. The van der Waals surface area contributed by atoms with E-state index in [0.717, 1.165) is 26.2 Å². The summed E-state index contributed by atoms with van der Waals surface area (Å²) in [4.78, 5) is 16.2. The maximum atomic E-state index is 12.1. The first-order valence-corrected chi connectivity index (χ1v) is 5.50. The van der Waals surface area contributed by atoms with Gasteiger partial charge in [0.1, 0.15) is 0 Å². The van der Waals surface area contributed by atoms with E-state index in [-0.39, 0.29) is 5.91 Å². The van der Waals surface area contributed by atoms with Crippen molar-refractivity contribution >= 4 is 5.91 Å². The molecule has 1 amide bonds. The van der Waals surface area contributed by atoms with Gasteiger partial charge in [0.15, 0.2) is 0 Å². The predicted octanol–water partition coefficient (Wildman–Crippen LogP) is 1.13. The maximum Gasteiger partial charge on any atom is 0.253 e. The van der Waals surface area contributed by atoms with Crippen molar-refractivity contribution in [3.8, 4) is 0 Å². The van der Waals surface area contributed by atoms with E-state index in [1.165, 1.54) is 0 Å². The van der Waals surface area contributed by atoms with Gasteiger partial charge in [-0.2, -0.15) is 0 Å². The Morgan fingerprint density at radius 2 is 1.94 bits per heavy atom. The van der Waals surface area contributed by atoms with Gasteiger partial charge in [-0.1, -0.05) is 12.1 Å². The van der Waals surface area contributed by atoms with E-state index in [0.29, 0.717) is 11.1 Å². The van der Waals surface area contributed by atoms with Crippen molar-refractivity contribution in [2.45, 2.75) is 0 Å². The maximum absolute atomic E-state index is 12.1. The van der Waals surface area contributed by atoms with E-state index in [2.05, 4.69) is 11.9 Å². The molecule has 2 rings (SSSR count). The Morgan fingerprint density at radius 1 is 1.25 bits per heavy atom. The Kier molecular flexibility index (Phi) is 3.25. The molecule has 84 valence electrons.